The fourth-order valence-electron chi connectivity index (χ4n) is 2.42. The highest BCUT2D eigenvalue weighted by Gasteiger charge is 2.21. The molecule has 3 heteroatoms. The molecule has 1 aliphatic heterocycles. The van der Waals surface area contributed by atoms with Gasteiger partial charge in [0.1, 0.15) is 0 Å². The van der Waals surface area contributed by atoms with Gasteiger partial charge in [0, 0.05) is 18.8 Å². The van der Waals surface area contributed by atoms with Crippen molar-refractivity contribution in [2.24, 2.45) is 0 Å². The van der Waals surface area contributed by atoms with Gasteiger partial charge >= 0.3 is 5.97 Å². The van der Waals surface area contributed by atoms with Crippen LogP contribution in [0.5, 0.6) is 0 Å². The first-order chi connectivity index (χ1) is 7.72. The molecule has 1 aliphatic rings. The number of carbonyl (C=O) groups is 1. The maximum atomic E-state index is 10.8. The van der Waals surface area contributed by atoms with E-state index in [1.807, 2.05) is 12.1 Å². The second-order valence-electron chi connectivity index (χ2n) is 4.23. The summed E-state index contributed by atoms with van der Waals surface area (Å²) in [6.45, 7) is 4.20. The predicted octanol–water partition coefficient (Wildman–Crippen LogP) is 2.09. The van der Waals surface area contributed by atoms with Crippen LogP contribution in [0.15, 0.2) is 18.2 Å². The number of fused-ring (bicyclic) bond motifs is 1. The molecular weight excluding hydrogens is 202 g/mol. The Morgan fingerprint density at radius 2 is 2.31 bits per heavy atom. The highest BCUT2D eigenvalue weighted by molar-refractivity contribution is 5.75. The van der Waals surface area contributed by atoms with Crippen molar-refractivity contribution < 1.29 is 9.90 Å². The van der Waals surface area contributed by atoms with Gasteiger partial charge in [0.25, 0.3) is 0 Å². The molecule has 1 aromatic carbocycles. The largest absolute Gasteiger partial charge is 0.481 e. The average molecular weight is 219 g/mol. The Kier molecular flexibility index (Phi) is 3.13. The standard InChI is InChI=1S/C13H17NO2/c1-2-7-14-8-6-10-4-3-5-11(13(10)14)9-12(15)16/h3-5H,2,6-9H2,1H3,(H,15,16). The summed E-state index contributed by atoms with van der Waals surface area (Å²) in [5.41, 5.74) is 3.43. The van der Waals surface area contributed by atoms with E-state index in [2.05, 4.69) is 17.9 Å². The fraction of sp³-hybridized carbons (Fsp3) is 0.462. The molecule has 0 aliphatic carbocycles. The number of hydrogen-bond donors (Lipinski definition) is 1. The summed E-state index contributed by atoms with van der Waals surface area (Å²) in [6.07, 6.45) is 2.27. The zero-order chi connectivity index (χ0) is 11.5. The van der Waals surface area contributed by atoms with Gasteiger partial charge in [-0.15, -0.1) is 0 Å². The van der Waals surface area contributed by atoms with Crippen LogP contribution in [0.2, 0.25) is 0 Å². The van der Waals surface area contributed by atoms with Crippen molar-refractivity contribution in [1.82, 2.24) is 0 Å². The summed E-state index contributed by atoms with van der Waals surface area (Å²) in [7, 11) is 0. The molecule has 2 rings (SSSR count). The first-order valence-corrected chi connectivity index (χ1v) is 5.80. The van der Waals surface area contributed by atoms with E-state index in [0.717, 1.165) is 31.5 Å². The van der Waals surface area contributed by atoms with Gasteiger partial charge in [-0.1, -0.05) is 25.1 Å². The molecule has 0 unspecified atom stereocenters. The van der Waals surface area contributed by atoms with Crippen molar-refractivity contribution in [1.29, 1.82) is 0 Å². The Balaban J connectivity index is 2.33. The van der Waals surface area contributed by atoms with Gasteiger partial charge < -0.3 is 10.0 Å². The van der Waals surface area contributed by atoms with Crippen molar-refractivity contribution in [3.8, 4) is 0 Å². The molecule has 16 heavy (non-hydrogen) atoms. The van der Waals surface area contributed by atoms with Gasteiger partial charge in [-0.3, -0.25) is 4.79 Å². The molecule has 0 saturated carbocycles. The monoisotopic (exact) mass is 219 g/mol. The summed E-state index contributed by atoms with van der Waals surface area (Å²) < 4.78 is 0. The van der Waals surface area contributed by atoms with E-state index >= 15 is 0 Å². The lowest BCUT2D eigenvalue weighted by molar-refractivity contribution is -0.136. The smallest absolute Gasteiger partial charge is 0.307 e. The summed E-state index contributed by atoms with van der Waals surface area (Å²) in [6, 6.07) is 6.00. The number of rotatable bonds is 4. The minimum atomic E-state index is -0.753. The van der Waals surface area contributed by atoms with Crippen LogP contribution in [-0.4, -0.2) is 24.2 Å². The van der Waals surface area contributed by atoms with Crippen LogP contribution in [0.4, 0.5) is 5.69 Å². The maximum Gasteiger partial charge on any atom is 0.307 e. The number of nitrogens with zero attached hydrogens (tertiary/aromatic N) is 1. The quantitative estimate of drug-likeness (QED) is 0.843. The Morgan fingerprint density at radius 1 is 1.50 bits per heavy atom. The lowest BCUT2D eigenvalue weighted by Gasteiger charge is -2.21. The maximum absolute atomic E-state index is 10.8. The third kappa shape index (κ3) is 2.03. The molecule has 86 valence electrons. The van der Waals surface area contributed by atoms with E-state index in [1.54, 1.807) is 0 Å². The van der Waals surface area contributed by atoms with Crippen LogP contribution in [0.25, 0.3) is 0 Å². The first-order valence-electron chi connectivity index (χ1n) is 5.80. The topological polar surface area (TPSA) is 40.5 Å². The molecule has 0 fully saturated rings. The average Bonchev–Trinajstić information content (AvgIpc) is 2.62. The molecule has 3 nitrogen and oxygen atoms in total. The Labute approximate surface area is 95.7 Å². The van der Waals surface area contributed by atoms with Gasteiger partial charge in [-0.2, -0.15) is 0 Å². The molecule has 0 aromatic heterocycles. The van der Waals surface area contributed by atoms with E-state index in [0.29, 0.717) is 0 Å². The zero-order valence-corrected chi connectivity index (χ0v) is 9.57. The fourth-order valence-corrected chi connectivity index (χ4v) is 2.42. The summed E-state index contributed by atoms with van der Waals surface area (Å²) in [5.74, 6) is -0.753. The van der Waals surface area contributed by atoms with Crippen molar-refractivity contribution in [2.45, 2.75) is 26.2 Å². The van der Waals surface area contributed by atoms with E-state index in [1.165, 1.54) is 11.3 Å². The van der Waals surface area contributed by atoms with Crippen LogP contribution in [0, 0.1) is 0 Å². The molecule has 1 aromatic rings. The number of aliphatic carboxylic acids is 1. The molecular formula is C13H17NO2. The van der Waals surface area contributed by atoms with Crippen molar-refractivity contribution in [2.75, 3.05) is 18.0 Å². The predicted molar refractivity (Wildman–Crippen MR) is 64.0 cm³/mol. The van der Waals surface area contributed by atoms with Gasteiger partial charge in [0.15, 0.2) is 0 Å². The first kappa shape index (κ1) is 11.0. The minimum Gasteiger partial charge on any atom is -0.481 e. The molecule has 0 spiro atoms. The third-order valence-electron chi connectivity index (χ3n) is 3.01. The van der Waals surface area contributed by atoms with Gasteiger partial charge in [-0.25, -0.2) is 0 Å². The summed E-state index contributed by atoms with van der Waals surface area (Å²) >= 11 is 0. The van der Waals surface area contributed by atoms with Crippen molar-refractivity contribution in [3.63, 3.8) is 0 Å². The van der Waals surface area contributed by atoms with Gasteiger partial charge in [0.2, 0.25) is 0 Å². The van der Waals surface area contributed by atoms with Crippen LogP contribution in [-0.2, 0) is 17.6 Å². The Bertz CT molecular complexity index is 399. The second-order valence-corrected chi connectivity index (χ2v) is 4.23. The molecule has 0 amide bonds. The molecule has 0 radical (unpaired) electrons. The number of para-hydroxylation sites is 1. The second kappa shape index (κ2) is 4.56. The van der Waals surface area contributed by atoms with Crippen LogP contribution in [0.3, 0.4) is 0 Å². The number of carboxylic acids is 1. The number of carboxylic acid groups (broad SMARTS) is 1. The van der Waals surface area contributed by atoms with E-state index < -0.39 is 5.97 Å². The normalized spacial score (nSPS) is 13.9. The summed E-state index contributed by atoms with van der Waals surface area (Å²) in [4.78, 5) is 13.1. The van der Waals surface area contributed by atoms with Gasteiger partial charge in [-0.05, 0) is 24.0 Å². The SMILES string of the molecule is CCCN1CCc2cccc(CC(=O)O)c21. The molecule has 0 atom stereocenters. The lowest BCUT2D eigenvalue weighted by atomic mass is 10.0. The highest BCUT2D eigenvalue weighted by Crippen LogP contribution is 2.32. The number of anilines is 1. The zero-order valence-electron chi connectivity index (χ0n) is 9.57. The van der Waals surface area contributed by atoms with Gasteiger partial charge in [0.05, 0.1) is 6.42 Å². The van der Waals surface area contributed by atoms with Crippen molar-refractivity contribution >= 4 is 11.7 Å². The Morgan fingerprint density at radius 3 is 3.00 bits per heavy atom. The highest BCUT2D eigenvalue weighted by atomic mass is 16.4. The van der Waals surface area contributed by atoms with E-state index in [9.17, 15) is 4.79 Å². The summed E-state index contributed by atoms with van der Waals surface area (Å²) in [5, 5.41) is 8.90. The van der Waals surface area contributed by atoms with Crippen LogP contribution >= 0.6 is 0 Å². The third-order valence-corrected chi connectivity index (χ3v) is 3.01. The van der Waals surface area contributed by atoms with E-state index in [-0.39, 0.29) is 6.42 Å². The molecule has 0 saturated heterocycles. The molecule has 0 bridgehead atoms. The Hall–Kier alpha value is -1.51. The molecule has 1 N–H and O–H groups in total. The lowest BCUT2D eigenvalue weighted by Crippen LogP contribution is -2.22. The van der Waals surface area contributed by atoms with E-state index in [4.69, 9.17) is 5.11 Å². The number of benzene rings is 1. The molecule has 1 heterocycles. The van der Waals surface area contributed by atoms with Crippen LogP contribution in [0.1, 0.15) is 24.5 Å². The van der Waals surface area contributed by atoms with Crippen LogP contribution < -0.4 is 4.90 Å². The number of hydrogen-bond acceptors (Lipinski definition) is 2. The van der Waals surface area contributed by atoms with Crippen molar-refractivity contribution in [3.05, 3.63) is 29.3 Å². The minimum absolute atomic E-state index is 0.128.